The highest BCUT2D eigenvalue weighted by molar-refractivity contribution is 7.13. The van der Waals surface area contributed by atoms with E-state index in [1.54, 1.807) is 18.2 Å². The Labute approximate surface area is 142 Å². The molecule has 0 saturated heterocycles. The number of hydrogen-bond donors (Lipinski definition) is 2. The van der Waals surface area contributed by atoms with Crippen molar-refractivity contribution in [2.24, 2.45) is 0 Å². The van der Waals surface area contributed by atoms with E-state index in [2.05, 4.69) is 10.6 Å². The van der Waals surface area contributed by atoms with E-state index in [9.17, 15) is 9.59 Å². The lowest BCUT2D eigenvalue weighted by molar-refractivity contribution is 0.0929. The Morgan fingerprint density at radius 1 is 1.00 bits per heavy atom. The number of carbonyl (C=O) groups excluding carboxylic acids is 2. The summed E-state index contributed by atoms with van der Waals surface area (Å²) in [5.41, 5.74) is 0.426. The standard InChI is InChI=1S/C15H14Cl2N2O2S/c1-9-2-5-13(22-9)15(21)19-7-6-18-14(20)10-3-4-11(16)12(17)8-10/h2-5,8H,6-7H2,1H3,(H,18,20)(H,19,21). The minimum Gasteiger partial charge on any atom is -0.350 e. The first-order valence-electron chi connectivity index (χ1n) is 6.55. The monoisotopic (exact) mass is 356 g/mol. The predicted molar refractivity (Wildman–Crippen MR) is 90.2 cm³/mol. The number of thiophene rings is 1. The van der Waals surface area contributed by atoms with Crippen LogP contribution in [-0.4, -0.2) is 24.9 Å². The van der Waals surface area contributed by atoms with Gasteiger partial charge in [0.1, 0.15) is 0 Å². The number of benzene rings is 1. The molecule has 2 amide bonds. The molecule has 0 spiro atoms. The molecule has 0 saturated carbocycles. The summed E-state index contributed by atoms with van der Waals surface area (Å²) in [6, 6.07) is 8.34. The van der Waals surface area contributed by atoms with Crippen molar-refractivity contribution in [2.45, 2.75) is 6.92 Å². The molecule has 4 nitrogen and oxygen atoms in total. The lowest BCUT2D eigenvalue weighted by Crippen LogP contribution is -2.34. The van der Waals surface area contributed by atoms with Crippen molar-refractivity contribution in [2.75, 3.05) is 13.1 Å². The predicted octanol–water partition coefficient (Wildman–Crippen LogP) is 3.52. The Hall–Kier alpha value is -1.56. The Morgan fingerprint density at radius 3 is 2.27 bits per heavy atom. The topological polar surface area (TPSA) is 58.2 Å². The van der Waals surface area contributed by atoms with Crippen LogP contribution >= 0.6 is 34.5 Å². The van der Waals surface area contributed by atoms with Crippen LogP contribution in [0.25, 0.3) is 0 Å². The van der Waals surface area contributed by atoms with Crippen molar-refractivity contribution in [3.63, 3.8) is 0 Å². The summed E-state index contributed by atoms with van der Waals surface area (Å²) in [6.45, 7) is 2.62. The van der Waals surface area contributed by atoms with E-state index < -0.39 is 0 Å². The Kier molecular flexibility index (Phi) is 5.83. The van der Waals surface area contributed by atoms with Crippen LogP contribution in [-0.2, 0) is 0 Å². The molecule has 0 bridgehead atoms. The van der Waals surface area contributed by atoms with Gasteiger partial charge in [-0.15, -0.1) is 11.3 Å². The SMILES string of the molecule is Cc1ccc(C(=O)NCCNC(=O)c2ccc(Cl)c(Cl)c2)s1. The molecule has 1 heterocycles. The number of nitrogens with one attached hydrogen (secondary N) is 2. The molecular formula is C15H14Cl2N2O2S. The third kappa shape index (κ3) is 4.47. The van der Waals surface area contributed by atoms with Gasteiger partial charge in [-0.3, -0.25) is 9.59 Å². The molecule has 0 fully saturated rings. The molecule has 2 aromatic rings. The van der Waals surface area contributed by atoms with E-state index in [0.29, 0.717) is 33.6 Å². The number of halogens is 2. The van der Waals surface area contributed by atoms with Crippen LogP contribution in [0.15, 0.2) is 30.3 Å². The number of hydrogen-bond acceptors (Lipinski definition) is 3. The van der Waals surface area contributed by atoms with Crippen LogP contribution in [0.3, 0.4) is 0 Å². The maximum Gasteiger partial charge on any atom is 0.261 e. The number of rotatable bonds is 5. The highest BCUT2D eigenvalue weighted by atomic mass is 35.5. The van der Waals surface area contributed by atoms with E-state index in [0.717, 1.165) is 4.88 Å². The maximum atomic E-state index is 11.9. The largest absolute Gasteiger partial charge is 0.350 e. The van der Waals surface area contributed by atoms with Crippen molar-refractivity contribution >= 4 is 46.4 Å². The van der Waals surface area contributed by atoms with Crippen LogP contribution in [0.1, 0.15) is 24.9 Å². The third-order valence-electron chi connectivity index (χ3n) is 2.84. The average molecular weight is 357 g/mol. The van der Waals surface area contributed by atoms with Gasteiger partial charge in [-0.25, -0.2) is 0 Å². The molecule has 0 aliphatic carbocycles. The Bertz CT molecular complexity index is 701. The Morgan fingerprint density at radius 2 is 1.68 bits per heavy atom. The molecular weight excluding hydrogens is 343 g/mol. The fourth-order valence-electron chi connectivity index (χ4n) is 1.74. The van der Waals surface area contributed by atoms with E-state index in [1.165, 1.54) is 17.4 Å². The van der Waals surface area contributed by atoms with E-state index >= 15 is 0 Å². The van der Waals surface area contributed by atoms with Gasteiger partial charge in [0, 0.05) is 23.5 Å². The van der Waals surface area contributed by atoms with Gasteiger partial charge < -0.3 is 10.6 Å². The van der Waals surface area contributed by atoms with Gasteiger partial charge in [0.2, 0.25) is 0 Å². The molecule has 0 aliphatic heterocycles. The van der Waals surface area contributed by atoms with Crippen LogP contribution in [0.2, 0.25) is 10.0 Å². The molecule has 0 unspecified atom stereocenters. The molecule has 0 radical (unpaired) electrons. The number of aryl methyl sites for hydroxylation is 1. The molecule has 2 N–H and O–H groups in total. The second-order valence-corrected chi connectivity index (χ2v) is 6.65. The molecule has 0 atom stereocenters. The van der Waals surface area contributed by atoms with Crippen molar-refractivity contribution in [3.05, 3.63) is 55.7 Å². The summed E-state index contributed by atoms with van der Waals surface area (Å²) in [4.78, 5) is 25.5. The molecule has 0 aliphatic rings. The lowest BCUT2D eigenvalue weighted by atomic mass is 10.2. The van der Waals surface area contributed by atoms with Crippen molar-refractivity contribution in [1.29, 1.82) is 0 Å². The highest BCUT2D eigenvalue weighted by Crippen LogP contribution is 2.22. The van der Waals surface area contributed by atoms with E-state index in [4.69, 9.17) is 23.2 Å². The van der Waals surface area contributed by atoms with Gasteiger partial charge in [-0.2, -0.15) is 0 Å². The maximum absolute atomic E-state index is 11.9. The smallest absolute Gasteiger partial charge is 0.261 e. The minimum atomic E-state index is -0.264. The summed E-state index contributed by atoms with van der Waals surface area (Å²) in [5, 5.41) is 6.18. The second kappa shape index (κ2) is 7.63. The van der Waals surface area contributed by atoms with Gasteiger partial charge in [-0.1, -0.05) is 23.2 Å². The first-order chi connectivity index (χ1) is 10.5. The first kappa shape index (κ1) is 16.8. The van der Waals surface area contributed by atoms with Gasteiger partial charge >= 0.3 is 0 Å². The summed E-state index contributed by atoms with van der Waals surface area (Å²) in [7, 11) is 0. The van der Waals surface area contributed by atoms with Gasteiger partial charge in [0.05, 0.1) is 14.9 Å². The normalized spacial score (nSPS) is 10.3. The molecule has 116 valence electrons. The Balaban J connectivity index is 1.77. The fourth-order valence-corrected chi connectivity index (χ4v) is 2.82. The van der Waals surface area contributed by atoms with Gasteiger partial charge in [0.15, 0.2) is 0 Å². The van der Waals surface area contributed by atoms with Crippen LogP contribution < -0.4 is 10.6 Å². The summed E-state index contributed by atoms with van der Waals surface area (Å²) < 4.78 is 0. The minimum absolute atomic E-state index is 0.137. The molecule has 7 heteroatoms. The van der Waals surface area contributed by atoms with E-state index in [-0.39, 0.29) is 11.8 Å². The van der Waals surface area contributed by atoms with Crippen LogP contribution in [0.4, 0.5) is 0 Å². The van der Waals surface area contributed by atoms with Crippen molar-refractivity contribution in [1.82, 2.24) is 10.6 Å². The van der Waals surface area contributed by atoms with Crippen molar-refractivity contribution < 1.29 is 9.59 Å². The first-order valence-corrected chi connectivity index (χ1v) is 8.12. The average Bonchev–Trinajstić information content (AvgIpc) is 2.92. The summed E-state index contributed by atoms with van der Waals surface area (Å²) in [5.74, 6) is -0.401. The van der Waals surface area contributed by atoms with Crippen molar-refractivity contribution in [3.8, 4) is 0 Å². The van der Waals surface area contributed by atoms with E-state index in [1.807, 2.05) is 13.0 Å². The lowest BCUT2D eigenvalue weighted by Gasteiger charge is -2.07. The molecule has 1 aromatic heterocycles. The zero-order valence-electron chi connectivity index (χ0n) is 11.8. The number of amides is 2. The number of carbonyl (C=O) groups is 2. The highest BCUT2D eigenvalue weighted by Gasteiger charge is 2.09. The summed E-state index contributed by atoms with van der Waals surface area (Å²) >= 11 is 13.1. The van der Waals surface area contributed by atoms with Gasteiger partial charge in [-0.05, 0) is 37.3 Å². The van der Waals surface area contributed by atoms with Gasteiger partial charge in [0.25, 0.3) is 11.8 Å². The summed E-state index contributed by atoms with van der Waals surface area (Å²) in [6.07, 6.45) is 0. The second-order valence-electron chi connectivity index (χ2n) is 4.55. The zero-order valence-corrected chi connectivity index (χ0v) is 14.1. The molecule has 2 rings (SSSR count). The fraction of sp³-hybridized carbons (Fsp3) is 0.200. The quantitative estimate of drug-likeness (QED) is 0.805. The van der Waals surface area contributed by atoms with Crippen LogP contribution in [0.5, 0.6) is 0 Å². The van der Waals surface area contributed by atoms with Crippen LogP contribution in [0, 0.1) is 6.92 Å². The third-order valence-corrected chi connectivity index (χ3v) is 4.58. The molecule has 22 heavy (non-hydrogen) atoms. The molecule has 1 aromatic carbocycles. The zero-order chi connectivity index (χ0) is 16.1.